The van der Waals surface area contributed by atoms with Crippen molar-refractivity contribution >= 4 is 40.6 Å². The summed E-state index contributed by atoms with van der Waals surface area (Å²) in [7, 11) is 0. The largest absolute Gasteiger partial charge is 0.473 e. The molecule has 0 atom stereocenters. The Balaban J connectivity index is 0.000000535. The maximum Gasteiger partial charge on any atom is 0.414 e. The van der Waals surface area contributed by atoms with Crippen LogP contribution in [0.1, 0.15) is 34.3 Å². The van der Waals surface area contributed by atoms with Gasteiger partial charge >= 0.3 is 11.9 Å². The number of pyridine rings is 1. The molecular formula is C30H30N4O7S. The standard InChI is InChI=1S/C28H28N4O3S.C2H2O4/c33-26(31-14-11-28(12-15-31)34-16-17-35-28)23-8-6-22(7-9-23)20-36-27-30-24-10-13-29-18-25(24)32(27)19-21-4-2-1-3-5-21;3-1(4)2(5)6/h1-10,13,18H,11-12,14-17,19-20H2;(H,3,4)(H,5,6). The van der Waals surface area contributed by atoms with Crippen LogP contribution >= 0.6 is 11.8 Å². The van der Waals surface area contributed by atoms with Gasteiger partial charge in [-0.15, -0.1) is 0 Å². The van der Waals surface area contributed by atoms with Gasteiger partial charge in [0.2, 0.25) is 0 Å². The molecule has 12 heteroatoms. The number of carboxylic acids is 2. The van der Waals surface area contributed by atoms with Gasteiger partial charge in [0.25, 0.3) is 5.91 Å². The molecule has 2 fully saturated rings. The second kappa shape index (κ2) is 13.1. The van der Waals surface area contributed by atoms with Crippen molar-refractivity contribution in [2.24, 2.45) is 0 Å². The monoisotopic (exact) mass is 590 g/mol. The minimum atomic E-state index is -1.82. The Bertz CT molecular complexity index is 1530. The third-order valence-electron chi connectivity index (χ3n) is 7.08. The molecule has 6 rings (SSSR count). The van der Waals surface area contributed by atoms with Crippen LogP contribution in [0.4, 0.5) is 0 Å². The first-order valence-corrected chi connectivity index (χ1v) is 14.4. The predicted octanol–water partition coefficient (Wildman–Crippen LogP) is 3.91. The van der Waals surface area contributed by atoms with Crippen molar-refractivity contribution < 1.29 is 34.1 Å². The fourth-order valence-electron chi connectivity index (χ4n) is 4.89. The molecule has 42 heavy (non-hydrogen) atoms. The van der Waals surface area contributed by atoms with Crippen molar-refractivity contribution in [1.29, 1.82) is 0 Å². The lowest BCUT2D eigenvalue weighted by Gasteiger charge is -2.37. The molecule has 4 aromatic rings. The highest BCUT2D eigenvalue weighted by molar-refractivity contribution is 7.98. The molecule has 2 saturated heterocycles. The lowest BCUT2D eigenvalue weighted by molar-refractivity contribution is -0.181. The van der Waals surface area contributed by atoms with Gasteiger partial charge in [-0.05, 0) is 29.3 Å². The number of nitrogens with zero attached hydrogens (tertiary/aromatic N) is 4. The second-order valence-electron chi connectivity index (χ2n) is 9.83. The highest BCUT2D eigenvalue weighted by Gasteiger charge is 2.40. The van der Waals surface area contributed by atoms with E-state index in [0.717, 1.165) is 52.5 Å². The van der Waals surface area contributed by atoms with Crippen molar-refractivity contribution in [3.05, 3.63) is 89.7 Å². The highest BCUT2D eigenvalue weighted by Crippen LogP contribution is 2.32. The summed E-state index contributed by atoms with van der Waals surface area (Å²) < 4.78 is 13.8. The van der Waals surface area contributed by atoms with Gasteiger partial charge in [-0.2, -0.15) is 0 Å². The zero-order chi connectivity index (χ0) is 29.5. The molecule has 2 aliphatic rings. The molecule has 4 heterocycles. The number of imidazole rings is 1. The van der Waals surface area contributed by atoms with Gasteiger partial charge in [-0.25, -0.2) is 14.6 Å². The molecule has 2 aromatic carbocycles. The van der Waals surface area contributed by atoms with E-state index in [1.165, 1.54) is 5.56 Å². The minimum Gasteiger partial charge on any atom is -0.473 e. The van der Waals surface area contributed by atoms with Crippen LogP contribution in [-0.4, -0.2) is 79.6 Å². The molecule has 0 saturated carbocycles. The number of benzene rings is 2. The van der Waals surface area contributed by atoms with Gasteiger partial charge in [0.05, 0.1) is 37.0 Å². The zero-order valence-corrected chi connectivity index (χ0v) is 23.5. The molecule has 0 bridgehead atoms. The van der Waals surface area contributed by atoms with Crippen LogP contribution in [0.3, 0.4) is 0 Å². The summed E-state index contributed by atoms with van der Waals surface area (Å²) in [6, 6.07) is 20.3. The van der Waals surface area contributed by atoms with E-state index in [2.05, 4.69) is 33.8 Å². The number of fused-ring (bicyclic) bond motifs is 1. The number of carbonyl (C=O) groups excluding carboxylic acids is 1. The van der Waals surface area contributed by atoms with E-state index in [4.69, 9.17) is 34.3 Å². The van der Waals surface area contributed by atoms with Crippen LogP contribution in [0.15, 0.2) is 78.2 Å². The van der Waals surface area contributed by atoms with Gasteiger partial charge in [-0.3, -0.25) is 9.78 Å². The molecule has 1 spiro atoms. The van der Waals surface area contributed by atoms with Crippen molar-refractivity contribution in [1.82, 2.24) is 19.4 Å². The normalized spacial score (nSPS) is 15.8. The number of carbonyl (C=O) groups is 3. The van der Waals surface area contributed by atoms with Crippen LogP contribution in [0.25, 0.3) is 11.0 Å². The van der Waals surface area contributed by atoms with Gasteiger partial charge in [0.15, 0.2) is 10.9 Å². The van der Waals surface area contributed by atoms with Crippen LogP contribution in [-0.2, 0) is 31.4 Å². The number of hydrogen-bond donors (Lipinski definition) is 2. The lowest BCUT2D eigenvalue weighted by atomic mass is 10.0. The van der Waals surface area contributed by atoms with Crippen LogP contribution in [0.2, 0.25) is 0 Å². The van der Waals surface area contributed by atoms with Crippen molar-refractivity contribution in [2.45, 2.75) is 36.1 Å². The van der Waals surface area contributed by atoms with Crippen molar-refractivity contribution in [3.63, 3.8) is 0 Å². The van der Waals surface area contributed by atoms with Gasteiger partial charge in [-0.1, -0.05) is 54.2 Å². The van der Waals surface area contributed by atoms with Crippen LogP contribution in [0.5, 0.6) is 0 Å². The quantitative estimate of drug-likeness (QED) is 0.251. The first kappa shape index (κ1) is 29.2. The first-order valence-electron chi connectivity index (χ1n) is 13.4. The number of ether oxygens (including phenoxy) is 2. The van der Waals surface area contributed by atoms with Crippen LogP contribution < -0.4 is 0 Å². The Labute approximate surface area is 246 Å². The molecule has 218 valence electrons. The average Bonchev–Trinajstić information content (AvgIpc) is 3.61. The average molecular weight is 591 g/mol. The Morgan fingerprint density at radius 1 is 0.881 bits per heavy atom. The molecule has 2 aliphatic heterocycles. The fraction of sp³-hybridized carbons (Fsp3) is 0.300. The molecular weight excluding hydrogens is 560 g/mol. The van der Waals surface area contributed by atoms with Gasteiger partial charge in [0, 0.05) is 43.4 Å². The number of aliphatic carboxylic acids is 2. The number of amides is 1. The summed E-state index contributed by atoms with van der Waals surface area (Å²) >= 11 is 1.70. The van der Waals surface area contributed by atoms with E-state index in [1.54, 1.807) is 18.0 Å². The summed E-state index contributed by atoms with van der Waals surface area (Å²) in [5, 5.41) is 15.7. The number of rotatable bonds is 6. The first-order chi connectivity index (χ1) is 20.3. The van der Waals surface area contributed by atoms with Crippen molar-refractivity contribution in [2.75, 3.05) is 26.3 Å². The summed E-state index contributed by atoms with van der Waals surface area (Å²) in [6.45, 7) is 3.34. The Hall–Kier alpha value is -4.26. The van der Waals surface area contributed by atoms with Gasteiger partial charge in [0.1, 0.15) is 0 Å². The summed E-state index contributed by atoms with van der Waals surface area (Å²) in [5.41, 5.74) is 5.07. The minimum absolute atomic E-state index is 0.0687. The van der Waals surface area contributed by atoms with Gasteiger partial charge < -0.3 is 29.2 Å². The second-order valence-corrected chi connectivity index (χ2v) is 10.8. The number of aromatic nitrogens is 3. The number of likely N-dealkylation sites (tertiary alicyclic amines) is 1. The van der Waals surface area contributed by atoms with E-state index >= 15 is 0 Å². The maximum atomic E-state index is 13.0. The molecule has 2 aromatic heterocycles. The lowest BCUT2D eigenvalue weighted by Crippen LogP contribution is -2.47. The zero-order valence-electron chi connectivity index (χ0n) is 22.7. The summed E-state index contributed by atoms with van der Waals surface area (Å²) in [4.78, 5) is 42.3. The molecule has 0 unspecified atom stereocenters. The van der Waals surface area contributed by atoms with E-state index in [9.17, 15) is 4.79 Å². The number of hydrogen-bond acceptors (Lipinski definition) is 8. The molecule has 0 aliphatic carbocycles. The van der Waals surface area contributed by atoms with E-state index in [0.29, 0.717) is 26.3 Å². The fourth-order valence-corrected chi connectivity index (χ4v) is 5.86. The van der Waals surface area contributed by atoms with E-state index in [1.807, 2.05) is 47.5 Å². The maximum absolute atomic E-state index is 13.0. The van der Waals surface area contributed by atoms with Crippen LogP contribution in [0, 0.1) is 0 Å². The number of thioether (sulfide) groups is 1. The molecule has 2 N–H and O–H groups in total. The third kappa shape index (κ3) is 6.96. The molecule has 1 amide bonds. The molecule has 0 radical (unpaired) electrons. The Morgan fingerprint density at radius 2 is 1.55 bits per heavy atom. The van der Waals surface area contributed by atoms with E-state index in [-0.39, 0.29) is 5.91 Å². The Kier molecular flexibility index (Phi) is 9.15. The molecule has 11 nitrogen and oxygen atoms in total. The highest BCUT2D eigenvalue weighted by atomic mass is 32.2. The third-order valence-corrected chi connectivity index (χ3v) is 8.12. The predicted molar refractivity (Wildman–Crippen MR) is 154 cm³/mol. The van der Waals surface area contributed by atoms with E-state index < -0.39 is 17.7 Å². The smallest absolute Gasteiger partial charge is 0.414 e. The number of piperidine rings is 1. The topological polar surface area (TPSA) is 144 Å². The Morgan fingerprint density at radius 3 is 2.19 bits per heavy atom. The number of carboxylic acid groups (broad SMARTS) is 2. The SMILES string of the molecule is O=C(O)C(=O)O.O=C(c1ccc(CSc2nc3ccncc3n2Cc2ccccc2)cc1)N1CCC2(CC1)OCCO2. The summed E-state index contributed by atoms with van der Waals surface area (Å²) in [6.07, 6.45) is 5.12. The summed E-state index contributed by atoms with van der Waals surface area (Å²) in [5.74, 6) is -3.28. The van der Waals surface area contributed by atoms with Crippen molar-refractivity contribution in [3.8, 4) is 0 Å².